The van der Waals surface area contributed by atoms with Crippen LogP contribution in [0.5, 0.6) is 0 Å². The molecule has 3 heteroatoms. The third kappa shape index (κ3) is 3.04. The third-order valence-electron chi connectivity index (χ3n) is 1.97. The van der Waals surface area contributed by atoms with Gasteiger partial charge in [0.1, 0.15) is 0 Å². The van der Waals surface area contributed by atoms with Crippen molar-refractivity contribution in [1.29, 1.82) is 0 Å². The molecule has 0 radical (unpaired) electrons. The van der Waals surface area contributed by atoms with Gasteiger partial charge in [0.15, 0.2) is 0 Å². The van der Waals surface area contributed by atoms with Crippen LogP contribution in [0.25, 0.3) is 0 Å². The van der Waals surface area contributed by atoms with E-state index in [-0.39, 0.29) is 5.97 Å². The van der Waals surface area contributed by atoms with Gasteiger partial charge in [-0.05, 0) is 30.5 Å². The molecule has 1 rings (SSSR count). The lowest BCUT2D eigenvalue weighted by Gasteiger charge is -2.01. The Hall–Kier alpha value is -1.02. The van der Waals surface area contributed by atoms with E-state index in [1.54, 1.807) is 12.1 Å². The number of ether oxygens (including phenoxy) is 1. The van der Waals surface area contributed by atoms with E-state index in [4.69, 9.17) is 11.6 Å². The van der Waals surface area contributed by atoms with Crippen molar-refractivity contribution in [2.45, 2.75) is 12.8 Å². The highest BCUT2D eigenvalue weighted by Crippen LogP contribution is 2.08. The maximum absolute atomic E-state index is 11.1. The summed E-state index contributed by atoms with van der Waals surface area (Å²) in [5, 5.41) is 0. The molecule has 0 saturated heterocycles. The van der Waals surface area contributed by atoms with E-state index in [9.17, 15) is 4.79 Å². The molecule has 0 aliphatic rings. The molecule has 0 aromatic heterocycles. The van der Waals surface area contributed by atoms with E-state index >= 15 is 0 Å². The summed E-state index contributed by atoms with van der Waals surface area (Å²) in [6.45, 7) is 0. The first-order chi connectivity index (χ1) is 6.77. The van der Waals surface area contributed by atoms with Crippen molar-refractivity contribution in [2.75, 3.05) is 13.0 Å². The molecule has 0 N–H and O–H groups in total. The van der Waals surface area contributed by atoms with Gasteiger partial charge in [-0.1, -0.05) is 12.1 Å². The smallest absolute Gasteiger partial charge is 0.337 e. The third-order valence-corrected chi connectivity index (χ3v) is 2.24. The number of esters is 1. The first-order valence-corrected chi connectivity index (χ1v) is 5.04. The Bertz CT molecular complexity index is 293. The van der Waals surface area contributed by atoms with Crippen molar-refractivity contribution in [2.24, 2.45) is 0 Å². The Kier molecular flexibility index (Phi) is 4.47. The summed E-state index contributed by atoms with van der Waals surface area (Å²) in [4.78, 5) is 11.1. The number of methoxy groups -OCH3 is 1. The fourth-order valence-electron chi connectivity index (χ4n) is 1.20. The second-order valence-corrected chi connectivity index (χ2v) is 3.36. The summed E-state index contributed by atoms with van der Waals surface area (Å²) < 4.78 is 4.60. The Morgan fingerprint density at radius 1 is 1.36 bits per heavy atom. The van der Waals surface area contributed by atoms with E-state index in [1.807, 2.05) is 12.1 Å². The van der Waals surface area contributed by atoms with Crippen molar-refractivity contribution < 1.29 is 9.53 Å². The zero-order valence-corrected chi connectivity index (χ0v) is 8.88. The van der Waals surface area contributed by atoms with Gasteiger partial charge in [0.25, 0.3) is 0 Å². The number of rotatable bonds is 4. The van der Waals surface area contributed by atoms with Crippen molar-refractivity contribution in [3.05, 3.63) is 35.4 Å². The maximum atomic E-state index is 11.1. The minimum atomic E-state index is -0.297. The largest absolute Gasteiger partial charge is 0.465 e. The predicted octanol–water partition coefficient (Wildman–Crippen LogP) is 2.64. The first-order valence-electron chi connectivity index (χ1n) is 4.51. The average Bonchev–Trinajstić information content (AvgIpc) is 2.26. The quantitative estimate of drug-likeness (QED) is 0.567. The van der Waals surface area contributed by atoms with Gasteiger partial charge in [-0.25, -0.2) is 4.79 Å². The summed E-state index contributed by atoms with van der Waals surface area (Å²) in [7, 11) is 1.38. The lowest BCUT2D eigenvalue weighted by Crippen LogP contribution is -2.00. The van der Waals surface area contributed by atoms with Crippen LogP contribution in [-0.2, 0) is 11.2 Å². The normalized spacial score (nSPS) is 9.86. The Balaban J connectivity index is 2.63. The lowest BCUT2D eigenvalue weighted by molar-refractivity contribution is 0.0600. The number of halogens is 1. The number of hydrogen-bond donors (Lipinski definition) is 0. The van der Waals surface area contributed by atoms with E-state index in [1.165, 1.54) is 12.7 Å². The zero-order valence-electron chi connectivity index (χ0n) is 8.13. The molecule has 0 bridgehead atoms. The number of carbonyl (C=O) groups is 1. The van der Waals surface area contributed by atoms with Crippen molar-refractivity contribution in [1.82, 2.24) is 0 Å². The van der Waals surface area contributed by atoms with Crippen LogP contribution in [0.1, 0.15) is 22.3 Å². The topological polar surface area (TPSA) is 26.3 Å². The first kappa shape index (κ1) is 11.1. The Morgan fingerprint density at radius 2 is 2.00 bits per heavy atom. The highest BCUT2D eigenvalue weighted by molar-refractivity contribution is 6.17. The molecular weight excluding hydrogens is 200 g/mol. The number of alkyl halides is 1. The molecule has 1 aromatic carbocycles. The molecule has 0 atom stereocenters. The van der Waals surface area contributed by atoms with Gasteiger partial charge < -0.3 is 4.74 Å². The van der Waals surface area contributed by atoms with Crippen LogP contribution in [-0.4, -0.2) is 19.0 Å². The summed E-state index contributed by atoms with van der Waals surface area (Å²) in [6.07, 6.45) is 1.91. The van der Waals surface area contributed by atoms with Gasteiger partial charge in [0, 0.05) is 5.88 Å². The molecule has 0 unspecified atom stereocenters. The SMILES string of the molecule is COC(=O)c1ccc(CCCCl)cc1. The second-order valence-electron chi connectivity index (χ2n) is 2.98. The van der Waals surface area contributed by atoms with Crippen molar-refractivity contribution in [3.63, 3.8) is 0 Å². The van der Waals surface area contributed by atoms with Gasteiger partial charge in [-0.15, -0.1) is 11.6 Å². The van der Waals surface area contributed by atoms with Gasteiger partial charge in [0.2, 0.25) is 0 Å². The van der Waals surface area contributed by atoms with Crippen LogP contribution in [0, 0.1) is 0 Å². The fraction of sp³-hybridized carbons (Fsp3) is 0.364. The van der Waals surface area contributed by atoms with E-state index in [0.29, 0.717) is 11.4 Å². The summed E-state index contributed by atoms with van der Waals surface area (Å²) in [5.41, 5.74) is 1.78. The minimum Gasteiger partial charge on any atom is -0.465 e. The maximum Gasteiger partial charge on any atom is 0.337 e. The molecule has 76 valence electrons. The lowest BCUT2D eigenvalue weighted by atomic mass is 10.1. The average molecular weight is 213 g/mol. The molecule has 1 aromatic rings. The Labute approximate surface area is 88.8 Å². The van der Waals surface area contributed by atoms with Crippen LogP contribution >= 0.6 is 11.6 Å². The standard InChI is InChI=1S/C11H13ClO2/c1-14-11(13)10-6-4-9(5-7-10)3-2-8-12/h4-7H,2-3,8H2,1H3. The van der Waals surface area contributed by atoms with Crippen molar-refractivity contribution >= 4 is 17.6 Å². The summed E-state index contributed by atoms with van der Waals surface area (Å²) >= 11 is 5.58. The molecule has 0 aliphatic carbocycles. The van der Waals surface area contributed by atoms with Crippen LogP contribution in [0.4, 0.5) is 0 Å². The monoisotopic (exact) mass is 212 g/mol. The van der Waals surface area contributed by atoms with Crippen LogP contribution in [0.2, 0.25) is 0 Å². The molecule has 14 heavy (non-hydrogen) atoms. The molecule has 0 amide bonds. The minimum absolute atomic E-state index is 0.297. The van der Waals surface area contributed by atoms with E-state index in [0.717, 1.165) is 12.8 Å². The molecule has 0 heterocycles. The van der Waals surface area contributed by atoms with Gasteiger partial charge in [-0.2, -0.15) is 0 Å². The number of benzene rings is 1. The number of hydrogen-bond acceptors (Lipinski definition) is 2. The highest BCUT2D eigenvalue weighted by atomic mass is 35.5. The van der Waals surface area contributed by atoms with Crippen LogP contribution < -0.4 is 0 Å². The van der Waals surface area contributed by atoms with Crippen LogP contribution in [0.3, 0.4) is 0 Å². The van der Waals surface area contributed by atoms with Gasteiger partial charge in [-0.3, -0.25) is 0 Å². The van der Waals surface area contributed by atoms with Gasteiger partial charge >= 0.3 is 5.97 Å². The molecule has 2 nitrogen and oxygen atoms in total. The summed E-state index contributed by atoms with van der Waals surface area (Å²) in [6, 6.07) is 7.41. The van der Waals surface area contributed by atoms with Gasteiger partial charge in [0.05, 0.1) is 12.7 Å². The number of carbonyl (C=O) groups excluding carboxylic acids is 1. The van der Waals surface area contributed by atoms with E-state index in [2.05, 4.69) is 4.74 Å². The van der Waals surface area contributed by atoms with Crippen LogP contribution in [0.15, 0.2) is 24.3 Å². The zero-order chi connectivity index (χ0) is 10.4. The second kappa shape index (κ2) is 5.66. The highest BCUT2D eigenvalue weighted by Gasteiger charge is 2.03. The molecule has 0 aliphatic heterocycles. The predicted molar refractivity (Wildman–Crippen MR) is 56.8 cm³/mol. The molecule has 0 saturated carbocycles. The molecular formula is C11H13ClO2. The van der Waals surface area contributed by atoms with E-state index < -0.39 is 0 Å². The number of aryl methyl sites for hydroxylation is 1. The summed E-state index contributed by atoms with van der Waals surface area (Å²) in [5.74, 6) is 0.368. The molecule has 0 fully saturated rings. The van der Waals surface area contributed by atoms with Crippen molar-refractivity contribution in [3.8, 4) is 0 Å². The Morgan fingerprint density at radius 3 is 2.50 bits per heavy atom. The fourth-order valence-corrected chi connectivity index (χ4v) is 1.33. The molecule has 0 spiro atoms.